The molecule has 4 aliphatic carbocycles. The number of hydrogen-bond donors (Lipinski definition) is 1. The number of anilines is 1. The van der Waals surface area contributed by atoms with Crippen LogP contribution in [-0.2, 0) is 15.0 Å². The van der Waals surface area contributed by atoms with Gasteiger partial charge in [-0.15, -0.1) is 0 Å². The van der Waals surface area contributed by atoms with Gasteiger partial charge in [-0.05, 0) is 110 Å². The number of hydrogen-bond acceptors (Lipinski definition) is 5. The minimum Gasteiger partial charge on any atom is -0.493 e. The summed E-state index contributed by atoms with van der Waals surface area (Å²) in [5.74, 6) is 2.20. The van der Waals surface area contributed by atoms with E-state index in [2.05, 4.69) is 17.4 Å². The minimum absolute atomic E-state index is 0.114. The van der Waals surface area contributed by atoms with Crippen LogP contribution in [-0.4, -0.2) is 31.6 Å². The van der Waals surface area contributed by atoms with Crippen molar-refractivity contribution in [2.24, 2.45) is 17.8 Å². The first-order valence-electron chi connectivity index (χ1n) is 13.2. The molecule has 1 heterocycles. The zero-order valence-corrected chi connectivity index (χ0v) is 21.3. The molecule has 7 nitrogen and oxygen atoms in total. The van der Waals surface area contributed by atoms with Crippen LogP contribution in [0.4, 0.5) is 10.5 Å². The number of imide groups is 2. The Balaban J connectivity index is 1.28. The van der Waals surface area contributed by atoms with Crippen molar-refractivity contribution in [3.05, 3.63) is 59.2 Å². The van der Waals surface area contributed by atoms with E-state index in [1.807, 2.05) is 19.1 Å². The normalized spacial score (nSPS) is 29.6. The molecule has 1 N–H and O–H groups in total. The van der Waals surface area contributed by atoms with Crippen LogP contribution in [0.25, 0.3) is 6.08 Å². The van der Waals surface area contributed by atoms with E-state index in [1.165, 1.54) is 50.2 Å². The Labute approximate surface area is 216 Å². The number of carbonyl (C=O) groups is 3. The maximum atomic E-state index is 13.4. The van der Waals surface area contributed by atoms with Crippen molar-refractivity contribution in [3.8, 4) is 11.5 Å². The summed E-state index contributed by atoms with van der Waals surface area (Å²) in [4.78, 5) is 39.8. The van der Waals surface area contributed by atoms with Crippen LogP contribution < -0.4 is 19.7 Å². The van der Waals surface area contributed by atoms with Crippen molar-refractivity contribution in [2.45, 2.75) is 50.9 Å². The van der Waals surface area contributed by atoms with E-state index < -0.39 is 17.8 Å². The topological polar surface area (TPSA) is 84.9 Å². The number of amides is 4. The van der Waals surface area contributed by atoms with Crippen LogP contribution in [0.5, 0.6) is 11.5 Å². The number of ether oxygens (including phenoxy) is 2. The average Bonchev–Trinajstić information content (AvgIpc) is 2.86. The third kappa shape index (κ3) is 4.10. The highest BCUT2D eigenvalue weighted by molar-refractivity contribution is 6.39. The first-order chi connectivity index (χ1) is 17.9. The van der Waals surface area contributed by atoms with Crippen molar-refractivity contribution >= 4 is 29.6 Å². The Hall–Kier alpha value is -3.61. The highest BCUT2D eigenvalue weighted by Gasteiger charge is 2.51. The molecule has 0 aromatic heterocycles. The quantitative estimate of drug-likeness (QED) is 0.434. The van der Waals surface area contributed by atoms with Crippen molar-refractivity contribution < 1.29 is 23.9 Å². The summed E-state index contributed by atoms with van der Waals surface area (Å²) in [6.07, 6.45) is 9.34. The predicted octanol–water partition coefficient (Wildman–Crippen LogP) is 5.23. The van der Waals surface area contributed by atoms with Gasteiger partial charge in [-0.3, -0.25) is 14.9 Å². The number of urea groups is 1. The lowest BCUT2D eigenvalue weighted by Crippen LogP contribution is -2.54. The van der Waals surface area contributed by atoms with Crippen LogP contribution in [0.15, 0.2) is 48.0 Å². The van der Waals surface area contributed by atoms with Crippen molar-refractivity contribution in [1.29, 1.82) is 0 Å². The molecule has 5 aliphatic rings. The molecule has 4 saturated carbocycles. The SMILES string of the molecule is CCOc1cc(/C=C2\C(=O)NC(=O)N(c3ccc(C45CC6CC(CC(C6)C4)C5)cc3)C2=O)ccc1OC. The van der Waals surface area contributed by atoms with E-state index in [0.29, 0.717) is 29.4 Å². The first-order valence-corrected chi connectivity index (χ1v) is 13.2. The monoisotopic (exact) mass is 500 g/mol. The number of benzene rings is 2. The van der Waals surface area contributed by atoms with E-state index in [4.69, 9.17) is 9.47 Å². The summed E-state index contributed by atoms with van der Waals surface area (Å²) < 4.78 is 10.9. The summed E-state index contributed by atoms with van der Waals surface area (Å²) in [5.41, 5.74) is 2.48. The zero-order valence-electron chi connectivity index (χ0n) is 21.3. The van der Waals surface area contributed by atoms with Gasteiger partial charge in [0.1, 0.15) is 5.57 Å². The number of barbiturate groups is 1. The molecule has 4 amide bonds. The molecule has 5 fully saturated rings. The molecule has 4 bridgehead atoms. The molecule has 7 heteroatoms. The molecule has 7 rings (SSSR count). The zero-order chi connectivity index (χ0) is 25.7. The molecule has 1 aliphatic heterocycles. The standard InChI is InChI=1S/C30H32N2O5/c1-3-37-26-14-18(4-9-25(26)36-2)13-24-27(33)31-29(35)32(28(24)34)23-7-5-22(6-8-23)30-15-19-10-20(16-30)12-21(11-19)17-30/h4-9,13-14,19-21H,3,10-12,15-17H2,1-2H3,(H,31,33,35)/b24-13+. The smallest absolute Gasteiger partial charge is 0.335 e. The van der Waals surface area contributed by atoms with Crippen LogP contribution >= 0.6 is 0 Å². The van der Waals surface area contributed by atoms with Crippen LogP contribution in [0, 0.1) is 17.8 Å². The van der Waals surface area contributed by atoms with Crippen molar-refractivity contribution in [2.75, 3.05) is 18.6 Å². The molecular weight excluding hydrogens is 468 g/mol. The van der Waals surface area contributed by atoms with Gasteiger partial charge in [0.15, 0.2) is 11.5 Å². The predicted molar refractivity (Wildman–Crippen MR) is 139 cm³/mol. The molecule has 0 radical (unpaired) electrons. The molecule has 0 unspecified atom stereocenters. The molecule has 0 spiro atoms. The van der Waals surface area contributed by atoms with Crippen LogP contribution in [0.2, 0.25) is 0 Å². The molecule has 0 atom stereocenters. The second-order valence-electron chi connectivity index (χ2n) is 11.0. The summed E-state index contributed by atoms with van der Waals surface area (Å²) in [6, 6.07) is 12.3. The molecule has 192 valence electrons. The van der Waals surface area contributed by atoms with Gasteiger partial charge in [0.2, 0.25) is 0 Å². The fourth-order valence-corrected chi connectivity index (χ4v) is 7.54. The summed E-state index contributed by atoms with van der Waals surface area (Å²) in [7, 11) is 1.55. The maximum absolute atomic E-state index is 13.4. The lowest BCUT2D eigenvalue weighted by Gasteiger charge is -2.57. The first kappa shape index (κ1) is 23.8. The van der Waals surface area contributed by atoms with E-state index in [0.717, 1.165) is 22.7 Å². The highest BCUT2D eigenvalue weighted by atomic mass is 16.5. The maximum Gasteiger partial charge on any atom is 0.335 e. The second kappa shape index (κ2) is 9.05. The van der Waals surface area contributed by atoms with Gasteiger partial charge in [-0.25, -0.2) is 9.69 Å². The Kier molecular flexibility index (Phi) is 5.81. The van der Waals surface area contributed by atoms with E-state index in [1.54, 1.807) is 25.3 Å². The molecule has 1 saturated heterocycles. The Morgan fingerprint density at radius 1 is 0.946 bits per heavy atom. The Morgan fingerprint density at radius 2 is 1.59 bits per heavy atom. The van der Waals surface area contributed by atoms with Crippen molar-refractivity contribution in [3.63, 3.8) is 0 Å². The second-order valence-corrected chi connectivity index (χ2v) is 11.0. The van der Waals surface area contributed by atoms with Crippen LogP contribution in [0.3, 0.4) is 0 Å². The summed E-state index contributed by atoms with van der Waals surface area (Å²) >= 11 is 0. The fourth-order valence-electron chi connectivity index (χ4n) is 7.54. The van der Waals surface area contributed by atoms with Gasteiger partial charge >= 0.3 is 6.03 Å². The lowest BCUT2D eigenvalue weighted by atomic mass is 9.48. The highest BCUT2D eigenvalue weighted by Crippen LogP contribution is 2.60. The lowest BCUT2D eigenvalue weighted by molar-refractivity contribution is -0.122. The largest absolute Gasteiger partial charge is 0.493 e. The van der Waals surface area contributed by atoms with E-state index in [-0.39, 0.29) is 11.0 Å². The molecule has 2 aromatic rings. The Morgan fingerprint density at radius 3 is 2.19 bits per heavy atom. The van der Waals surface area contributed by atoms with Gasteiger partial charge in [-0.1, -0.05) is 18.2 Å². The fraction of sp³-hybridized carbons (Fsp3) is 0.433. The Bertz CT molecular complexity index is 1260. The number of carbonyl (C=O) groups excluding carboxylic acids is 3. The van der Waals surface area contributed by atoms with Gasteiger partial charge in [0.05, 0.1) is 19.4 Å². The summed E-state index contributed by atoms with van der Waals surface area (Å²) in [5, 5.41) is 2.32. The average molecular weight is 501 g/mol. The number of methoxy groups -OCH3 is 1. The summed E-state index contributed by atoms with van der Waals surface area (Å²) in [6.45, 7) is 2.30. The molecular formula is C30H32N2O5. The number of rotatable bonds is 6. The van der Waals surface area contributed by atoms with Crippen LogP contribution in [0.1, 0.15) is 56.6 Å². The van der Waals surface area contributed by atoms with Gasteiger partial charge in [0.25, 0.3) is 11.8 Å². The van der Waals surface area contributed by atoms with Gasteiger partial charge in [0, 0.05) is 0 Å². The number of nitrogens with zero attached hydrogens (tertiary/aromatic N) is 1. The molecule has 37 heavy (non-hydrogen) atoms. The third-order valence-electron chi connectivity index (χ3n) is 8.68. The third-order valence-corrected chi connectivity index (χ3v) is 8.68. The van der Waals surface area contributed by atoms with E-state index in [9.17, 15) is 14.4 Å². The molecule has 2 aromatic carbocycles. The van der Waals surface area contributed by atoms with E-state index >= 15 is 0 Å². The minimum atomic E-state index is -0.737. The number of nitrogens with one attached hydrogen (secondary N) is 1. The van der Waals surface area contributed by atoms with Gasteiger partial charge in [-0.2, -0.15) is 0 Å². The van der Waals surface area contributed by atoms with Gasteiger partial charge < -0.3 is 9.47 Å². The van der Waals surface area contributed by atoms with Crippen molar-refractivity contribution in [1.82, 2.24) is 5.32 Å².